The number of nitrogens with zero attached hydrogens (tertiary/aromatic N) is 2. The van der Waals surface area contributed by atoms with Gasteiger partial charge >= 0.3 is 0 Å². The van der Waals surface area contributed by atoms with Crippen LogP contribution < -0.4 is 0 Å². The Balaban J connectivity index is 0.000000274. The van der Waals surface area contributed by atoms with Crippen molar-refractivity contribution in [1.82, 2.24) is 9.97 Å². The zero-order valence-corrected chi connectivity index (χ0v) is 29.7. The maximum atomic E-state index is 11.7. The van der Waals surface area contributed by atoms with E-state index in [0.29, 0.717) is 0 Å². The van der Waals surface area contributed by atoms with Crippen LogP contribution in [0.2, 0.25) is 0 Å². The van der Waals surface area contributed by atoms with Crippen LogP contribution in [0.25, 0.3) is 32.9 Å². The van der Waals surface area contributed by atoms with Crippen LogP contribution in [0.15, 0.2) is 60.5 Å². The Kier molecular flexibility index (Phi) is 11.1. The first-order chi connectivity index (χ1) is 19.9. The molecule has 0 aliphatic heterocycles. The van der Waals surface area contributed by atoms with Gasteiger partial charge in [-0.25, -0.2) is 0 Å². The second-order valence-corrected chi connectivity index (χ2v) is 13.1. The number of fused-ring (bicyclic) bond motifs is 4. The monoisotopic (exact) mass is 756 g/mol. The van der Waals surface area contributed by atoms with Crippen molar-refractivity contribution in [3.8, 4) is 11.3 Å². The molecule has 0 spiro atoms. The molecule has 4 aromatic rings. The SMILES string of the molecule is CC(C)(C)c1cc2c3c(nccc3c1)-c1[c-]nc3ccccc3c1C2(C)C.CCC(CC)C(=O)/C=C(\O)C(CC)CC.[Ir]. The maximum Gasteiger partial charge on any atom is 0.162 e. The van der Waals surface area contributed by atoms with E-state index in [0.717, 1.165) is 42.5 Å². The molecular weight excluding hydrogens is 709 g/mol. The molecular formula is C38H47IrN2O2-. The number of aliphatic hydroxyl groups is 1. The minimum Gasteiger partial charge on any atom is -0.512 e. The average molecular weight is 756 g/mol. The number of aliphatic hydroxyl groups excluding tert-OH is 1. The van der Waals surface area contributed by atoms with E-state index in [1.165, 1.54) is 38.9 Å². The Morgan fingerprint density at radius 1 is 0.977 bits per heavy atom. The van der Waals surface area contributed by atoms with Crippen LogP contribution in [0.4, 0.5) is 0 Å². The normalized spacial score (nSPS) is 13.9. The van der Waals surface area contributed by atoms with Crippen LogP contribution in [0, 0.1) is 18.0 Å². The Labute approximate surface area is 271 Å². The van der Waals surface area contributed by atoms with E-state index in [2.05, 4.69) is 82.2 Å². The van der Waals surface area contributed by atoms with Crippen LogP contribution in [-0.4, -0.2) is 20.9 Å². The van der Waals surface area contributed by atoms with Gasteiger partial charge in [0.1, 0.15) is 0 Å². The number of allylic oxidation sites excluding steroid dienone is 2. The Morgan fingerprint density at radius 2 is 1.60 bits per heavy atom. The predicted octanol–water partition coefficient (Wildman–Crippen LogP) is 10.1. The van der Waals surface area contributed by atoms with E-state index in [4.69, 9.17) is 4.98 Å². The van der Waals surface area contributed by atoms with Crippen molar-refractivity contribution >= 4 is 27.5 Å². The summed E-state index contributed by atoms with van der Waals surface area (Å²) in [7, 11) is 0. The summed E-state index contributed by atoms with van der Waals surface area (Å²) in [5.74, 6) is 0.547. The molecule has 0 fully saturated rings. The van der Waals surface area contributed by atoms with Gasteiger partial charge in [0.05, 0.1) is 5.76 Å². The summed E-state index contributed by atoms with van der Waals surface area (Å²) < 4.78 is 0. The fourth-order valence-electron chi connectivity index (χ4n) is 6.26. The van der Waals surface area contributed by atoms with Crippen molar-refractivity contribution < 1.29 is 30.0 Å². The minimum atomic E-state index is -0.149. The van der Waals surface area contributed by atoms with Gasteiger partial charge in [-0.1, -0.05) is 104 Å². The number of aromatic nitrogens is 2. The predicted molar refractivity (Wildman–Crippen MR) is 176 cm³/mol. The van der Waals surface area contributed by atoms with Gasteiger partial charge in [0.15, 0.2) is 5.78 Å². The van der Waals surface area contributed by atoms with Crippen molar-refractivity contribution in [2.24, 2.45) is 11.8 Å². The zero-order valence-electron chi connectivity index (χ0n) is 27.3. The molecule has 0 saturated heterocycles. The molecule has 2 heterocycles. The Morgan fingerprint density at radius 3 is 2.21 bits per heavy atom. The van der Waals surface area contributed by atoms with E-state index >= 15 is 0 Å². The molecule has 231 valence electrons. The molecule has 4 nitrogen and oxygen atoms in total. The van der Waals surface area contributed by atoms with Crippen molar-refractivity contribution in [1.29, 1.82) is 0 Å². The molecule has 1 radical (unpaired) electrons. The number of hydrogen-bond donors (Lipinski definition) is 1. The number of para-hydroxylation sites is 1. The first-order valence-electron chi connectivity index (χ1n) is 15.6. The van der Waals surface area contributed by atoms with Crippen molar-refractivity contribution in [2.75, 3.05) is 0 Å². The van der Waals surface area contributed by atoms with Crippen molar-refractivity contribution in [3.63, 3.8) is 0 Å². The number of carbonyl (C=O) groups is 1. The van der Waals surface area contributed by atoms with Gasteiger partial charge < -0.3 is 15.1 Å². The standard InChI is InChI=1S/C25H23N2.C13H24O2.Ir/c1-24(2,3)16-12-15-10-11-26-23-18-14-27-20-9-7-6-8-17(20)22(18)25(4,5)19(13-16)21(15)23;1-5-10(6-2)12(14)9-13(15)11(7-3)8-4;/h6-13H,1-5H3;9-11,14H,5-8H2,1-4H3;/q-1;;/b;12-9-;. The van der Waals surface area contributed by atoms with Gasteiger partial charge in [0.2, 0.25) is 0 Å². The fraction of sp³-hybridized carbons (Fsp3) is 0.447. The minimum absolute atomic E-state index is 0. The molecule has 43 heavy (non-hydrogen) atoms. The Hall–Kier alpha value is -2.88. The van der Waals surface area contributed by atoms with Crippen LogP contribution in [0.5, 0.6) is 0 Å². The summed E-state index contributed by atoms with van der Waals surface area (Å²) >= 11 is 0. The smallest absolute Gasteiger partial charge is 0.162 e. The maximum absolute atomic E-state index is 11.7. The fourth-order valence-corrected chi connectivity index (χ4v) is 6.26. The number of benzene rings is 2. The van der Waals surface area contributed by atoms with Gasteiger partial charge in [0, 0.05) is 44.2 Å². The van der Waals surface area contributed by atoms with Crippen molar-refractivity contribution in [3.05, 3.63) is 83.4 Å². The summed E-state index contributed by atoms with van der Waals surface area (Å²) in [6.07, 6.45) is 10.1. The van der Waals surface area contributed by atoms with E-state index in [-0.39, 0.29) is 54.3 Å². The first-order valence-corrected chi connectivity index (χ1v) is 15.6. The molecule has 1 aliphatic carbocycles. The topological polar surface area (TPSA) is 63.1 Å². The zero-order chi connectivity index (χ0) is 30.8. The second-order valence-electron chi connectivity index (χ2n) is 13.1. The summed E-state index contributed by atoms with van der Waals surface area (Å²) in [4.78, 5) is 21.1. The third-order valence-electron chi connectivity index (χ3n) is 9.06. The van der Waals surface area contributed by atoms with Crippen molar-refractivity contribution in [2.45, 2.75) is 98.8 Å². The summed E-state index contributed by atoms with van der Waals surface area (Å²) in [6.45, 7) is 19.5. The van der Waals surface area contributed by atoms with Crippen LogP contribution in [0.1, 0.15) is 105 Å². The van der Waals surface area contributed by atoms with Gasteiger partial charge in [-0.3, -0.25) is 4.79 Å². The molecule has 0 bridgehead atoms. The largest absolute Gasteiger partial charge is 0.512 e. The van der Waals surface area contributed by atoms with Gasteiger partial charge in [-0.2, -0.15) is 0 Å². The molecule has 2 aromatic carbocycles. The van der Waals surface area contributed by atoms with Crippen LogP contribution in [-0.2, 0) is 35.7 Å². The van der Waals surface area contributed by atoms with Crippen LogP contribution >= 0.6 is 0 Å². The molecule has 2 aromatic heterocycles. The molecule has 0 atom stereocenters. The molecule has 5 rings (SSSR count). The third kappa shape index (κ3) is 6.79. The number of hydrogen-bond acceptors (Lipinski definition) is 4. The second kappa shape index (κ2) is 13.8. The third-order valence-corrected chi connectivity index (χ3v) is 9.06. The molecule has 1 aliphatic rings. The quantitative estimate of drug-likeness (QED) is 0.116. The average Bonchev–Trinajstić information content (AvgIpc) is 2.96. The number of carbonyl (C=O) groups excluding carboxylic acids is 1. The van der Waals surface area contributed by atoms with Gasteiger partial charge in [-0.05, 0) is 81.9 Å². The van der Waals surface area contributed by atoms with Gasteiger partial charge in [0.25, 0.3) is 0 Å². The summed E-state index contributed by atoms with van der Waals surface area (Å²) in [5, 5.41) is 13.5. The molecule has 1 N–H and O–H groups in total. The molecule has 5 heteroatoms. The molecule has 0 amide bonds. The molecule has 0 unspecified atom stereocenters. The van der Waals surface area contributed by atoms with Crippen LogP contribution in [0.3, 0.4) is 0 Å². The number of pyridine rings is 2. The number of ketones is 1. The van der Waals surface area contributed by atoms with Gasteiger partial charge in [-0.15, -0.1) is 11.1 Å². The van der Waals surface area contributed by atoms with E-state index in [1.54, 1.807) is 0 Å². The Bertz CT molecular complexity index is 1620. The van der Waals surface area contributed by atoms with E-state index in [9.17, 15) is 9.90 Å². The van der Waals surface area contributed by atoms with E-state index < -0.39 is 0 Å². The summed E-state index contributed by atoms with van der Waals surface area (Å²) in [6, 6.07) is 15.2. The molecule has 0 saturated carbocycles. The number of rotatable bonds is 7. The first kappa shape index (κ1) is 34.6. The summed E-state index contributed by atoms with van der Waals surface area (Å²) in [5.41, 5.74) is 6.99. The van der Waals surface area contributed by atoms with E-state index in [1.807, 2.05) is 40.0 Å².